The number of nitrogens with one attached hydrogen (secondary N) is 2. The zero-order valence-corrected chi connectivity index (χ0v) is 13.6. The highest BCUT2D eigenvalue weighted by Crippen LogP contribution is 2.25. The Morgan fingerprint density at radius 3 is 2.50 bits per heavy atom. The van der Waals surface area contributed by atoms with Gasteiger partial charge in [-0.3, -0.25) is 4.79 Å². The van der Waals surface area contributed by atoms with Crippen molar-refractivity contribution in [2.45, 2.75) is 45.2 Å². The second kappa shape index (κ2) is 6.59. The van der Waals surface area contributed by atoms with Gasteiger partial charge in [0.25, 0.3) is 0 Å². The fourth-order valence-corrected chi connectivity index (χ4v) is 2.43. The van der Waals surface area contributed by atoms with E-state index >= 15 is 0 Å². The minimum Gasteiger partial charge on any atom is -0.381 e. The van der Waals surface area contributed by atoms with Gasteiger partial charge in [0.1, 0.15) is 0 Å². The molecule has 1 aromatic carbocycles. The van der Waals surface area contributed by atoms with Crippen molar-refractivity contribution < 1.29 is 4.79 Å². The number of carbonyl (C=O) groups excluding carboxylic acids is 1. The van der Waals surface area contributed by atoms with Gasteiger partial charge in [0.05, 0.1) is 0 Å². The Balaban J connectivity index is 1.96. The van der Waals surface area contributed by atoms with Gasteiger partial charge < -0.3 is 16.4 Å². The Hall–Kier alpha value is -1.07. The standard InChI is InChI=1S/C15H22BrN3O/c1-9-5-12(6-10(2)15(9)16)18-13(8-17)7-14(20)19-11-3-4-11/h5-6,11,13,18H,3-4,7-8,17H2,1-2H3,(H,19,20). The van der Waals surface area contributed by atoms with E-state index in [9.17, 15) is 4.79 Å². The third-order valence-corrected chi connectivity index (χ3v) is 4.72. The highest BCUT2D eigenvalue weighted by atomic mass is 79.9. The molecule has 0 saturated heterocycles. The highest BCUT2D eigenvalue weighted by Gasteiger charge is 2.24. The van der Waals surface area contributed by atoms with E-state index in [1.807, 2.05) is 0 Å². The molecule has 1 atom stereocenters. The molecular formula is C15H22BrN3O. The lowest BCUT2D eigenvalue weighted by Crippen LogP contribution is -2.36. The average Bonchev–Trinajstić information content (AvgIpc) is 3.18. The number of benzene rings is 1. The van der Waals surface area contributed by atoms with Gasteiger partial charge in [-0.1, -0.05) is 15.9 Å². The Bertz CT molecular complexity index is 477. The van der Waals surface area contributed by atoms with Crippen molar-refractivity contribution in [2.75, 3.05) is 11.9 Å². The molecule has 1 fully saturated rings. The molecule has 2 rings (SSSR count). The van der Waals surface area contributed by atoms with Crippen LogP contribution in [0.15, 0.2) is 16.6 Å². The Kier molecular flexibility index (Phi) is 5.05. The van der Waals surface area contributed by atoms with Gasteiger partial charge in [-0.25, -0.2) is 0 Å². The number of anilines is 1. The molecule has 20 heavy (non-hydrogen) atoms. The Morgan fingerprint density at radius 2 is 2.00 bits per heavy atom. The summed E-state index contributed by atoms with van der Waals surface area (Å²) in [5.74, 6) is 0.0843. The molecule has 1 amide bonds. The zero-order valence-electron chi connectivity index (χ0n) is 12.0. The lowest BCUT2D eigenvalue weighted by molar-refractivity contribution is -0.121. The zero-order chi connectivity index (χ0) is 14.7. The maximum atomic E-state index is 11.8. The van der Waals surface area contributed by atoms with Crippen LogP contribution in [0.3, 0.4) is 0 Å². The number of hydrogen-bond acceptors (Lipinski definition) is 3. The summed E-state index contributed by atoms with van der Waals surface area (Å²) in [7, 11) is 0. The summed E-state index contributed by atoms with van der Waals surface area (Å²) in [4.78, 5) is 11.8. The van der Waals surface area contributed by atoms with E-state index in [1.54, 1.807) is 0 Å². The average molecular weight is 340 g/mol. The second-order valence-electron chi connectivity index (χ2n) is 5.55. The summed E-state index contributed by atoms with van der Waals surface area (Å²) >= 11 is 3.55. The molecule has 0 bridgehead atoms. The van der Waals surface area contributed by atoms with Gasteiger partial charge in [0.2, 0.25) is 5.91 Å². The molecule has 0 heterocycles. The quantitative estimate of drug-likeness (QED) is 0.745. The molecule has 0 aliphatic heterocycles. The van der Waals surface area contributed by atoms with Crippen LogP contribution in [0.25, 0.3) is 0 Å². The van der Waals surface area contributed by atoms with E-state index in [2.05, 4.69) is 52.5 Å². The number of carbonyl (C=O) groups is 1. The maximum absolute atomic E-state index is 11.8. The first-order valence-electron chi connectivity index (χ1n) is 7.02. The van der Waals surface area contributed by atoms with Gasteiger partial charge >= 0.3 is 0 Å². The van der Waals surface area contributed by atoms with Crippen LogP contribution in [0.1, 0.15) is 30.4 Å². The summed E-state index contributed by atoms with van der Waals surface area (Å²) in [5.41, 5.74) is 9.13. The van der Waals surface area contributed by atoms with Crippen molar-refractivity contribution in [3.8, 4) is 0 Å². The molecule has 1 unspecified atom stereocenters. The van der Waals surface area contributed by atoms with Crippen molar-refractivity contribution >= 4 is 27.5 Å². The van der Waals surface area contributed by atoms with Crippen LogP contribution in [0.2, 0.25) is 0 Å². The number of hydrogen-bond donors (Lipinski definition) is 3. The predicted octanol–water partition coefficient (Wildman–Crippen LogP) is 2.47. The molecule has 0 spiro atoms. The minimum atomic E-state index is -0.0336. The van der Waals surface area contributed by atoms with Crippen molar-refractivity contribution in [1.29, 1.82) is 0 Å². The van der Waals surface area contributed by atoms with Gasteiger partial charge in [-0.05, 0) is 49.9 Å². The van der Waals surface area contributed by atoms with E-state index in [0.29, 0.717) is 19.0 Å². The lowest BCUT2D eigenvalue weighted by Gasteiger charge is -2.19. The van der Waals surface area contributed by atoms with E-state index in [0.717, 1.165) is 23.0 Å². The smallest absolute Gasteiger partial charge is 0.222 e. The number of rotatable bonds is 6. The monoisotopic (exact) mass is 339 g/mol. The summed E-state index contributed by atoms with van der Waals surface area (Å²) in [6.07, 6.45) is 2.64. The topological polar surface area (TPSA) is 67.1 Å². The Labute approximate surface area is 128 Å². The van der Waals surface area contributed by atoms with E-state index < -0.39 is 0 Å². The molecule has 5 heteroatoms. The second-order valence-corrected chi connectivity index (χ2v) is 6.34. The SMILES string of the molecule is Cc1cc(NC(CN)CC(=O)NC2CC2)cc(C)c1Br. The molecular weight excluding hydrogens is 318 g/mol. The summed E-state index contributed by atoms with van der Waals surface area (Å²) < 4.78 is 1.12. The number of halogens is 1. The molecule has 1 aliphatic carbocycles. The van der Waals surface area contributed by atoms with Crippen LogP contribution >= 0.6 is 15.9 Å². The van der Waals surface area contributed by atoms with Crippen molar-refractivity contribution in [3.05, 3.63) is 27.7 Å². The molecule has 0 aromatic heterocycles. The molecule has 1 aliphatic rings. The number of nitrogens with two attached hydrogens (primary N) is 1. The van der Waals surface area contributed by atoms with Gasteiger partial charge in [-0.2, -0.15) is 0 Å². The van der Waals surface area contributed by atoms with Crippen LogP contribution in [-0.2, 0) is 4.79 Å². The van der Waals surface area contributed by atoms with E-state index in [4.69, 9.17) is 5.73 Å². The fraction of sp³-hybridized carbons (Fsp3) is 0.533. The molecule has 1 aromatic rings. The van der Waals surface area contributed by atoms with Crippen LogP contribution in [-0.4, -0.2) is 24.5 Å². The van der Waals surface area contributed by atoms with Gasteiger partial charge in [0.15, 0.2) is 0 Å². The molecule has 1 saturated carbocycles. The predicted molar refractivity (Wildman–Crippen MR) is 85.9 cm³/mol. The van der Waals surface area contributed by atoms with Crippen molar-refractivity contribution in [2.24, 2.45) is 5.73 Å². The Morgan fingerprint density at radius 1 is 1.40 bits per heavy atom. The first-order chi connectivity index (χ1) is 9.49. The summed E-state index contributed by atoms with van der Waals surface area (Å²) in [6, 6.07) is 4.50. The lowest BCUT2D eigenvalue weighted by atomic mass is 10.1. The minimum absolute atomic E-state index is 0.0336. The van der Waals surface area contributed by atoms with E-state index in [1.165, 1.54) is 11.1 Å². The first-order valence-corrected chi connectivity index (χ1v) is 7.81. The number of aryl methyl sites for hydroxylation is 2. The van der Waals surface area contributed by atoms with Crippen molar-refractivity contribution in [1.82, 2.24) is 5.32 Å². The van der Waals surface area contributed by atoms with Gasteiger partial charge in [-0.15, -0.1) is 0 Å². The van der Waals surface area contributed by atoms with Gasteiger partial charge in [0, 0.05) is 35.2 Å². The fourth-order valence-electron chi connectivity index (χ4n) is 2.20. The summed E-state index contributed by atoms with van der Waals surface area (Å²) in [5, 5.41) is 6.35. The van der Waals surface area contributed by atoms with Crippen LogP contribution in [0.5, 0.6) is 0 Å². The van der Waals surface area contributed by atoms with Crippen LogP contribution in [0, 0.1) is 13.8 Å². The van der Waals surface area contributed by atoms with E-state index in [-0.39, 0.29) is 11.9 Å². The largest absolute Gasteiger partial charge is 0.381 e. The molecule has 110 valence electrons. The normalized spacial score (nSPS) is 15.8. The van der Waals surface area contributed by atoms with Crippen LogP contribution < -0.4 is 16.4 Å². The number of amides is 1. The third-order valence-electron chi connectivity index (χ3n) is 3.47. The third kappa shape index (κ3) is 4.21. The molecule has 4 nitrogen and oxygen atoms in total. The first kappa shape index (κ1) is 15.3. The maximum Gasteiger partial charge on any atom is 0.222 e. The van der Waals surface area contributed by atoms with Crippen LogP contribution in [0.4, 0.5) is 5.69 Å². The molecule has 4 N–H and O–H groups in total. The van der Waals surface area contributed by atoms with Crippen molar-refractivity contribution in [3.63, 3.8) is 0 Å². The summed E-state index contributed by atoms with van der Waals surface area (Å²) in [6.45, 7) is 4.55. The molecule has 0 radical (unpaired) electrons. The highest BCUT2D eigenvalue weighted by molar-refractivity contribution is 9.10.